The highest BCUT2D eigenvalue weighted by Crippen LogP contribution is 2.29. The molecule has 1 aromatic carbocycles. The van der Waals surface area contributed by atoms with Gasteiger partial charge in [0.1, 0.15) is 11.2 Å². The van der Waals surface area contributed by atoms with Crippen LogP contribution in [-0.2, 0) is 11.4 Å². The van der Waals surface area contributed by atoms with E-state index in [0.29, 0.717) is 26.9 Å². The number of benzene rings is 1. The first-order valence-corrected chi connectivity index (χ1v) is 9.16. The lowest BCUT2D eigenvalue weighted by Gasteiger charge is -2.20. The Morgan fingerprint density at radius 1 is 1.36 bits per heavy atom. The highest BCUT2D eigenvalue weighted by atomic mass is 79.9. The smallest absolute Gasteiger partial charge is 0.471 e. The molecule has 0 aliphatic rings. The molecule has 0 aliphatic carbocycles. The summed E-state index contributed by atoms with van der Waals surface area (Å²) in [5.41, 5.74) is 1.86. The van der Waals surface area contributed by atoms with E-state index in [-0.39, 0.29) is 12.3 Å². The zero-order chi connectivity index (χ0) is 20.6. The topological polar surface area (TPSA) is 46.8 Å². The van der Waals surface area contributed by atoms with Crippen LogP contribution in [0.3, 0.4) is 0 Å². The van der Waals surface area contributed by atoms with Crippen molar-refractivity contribution >= 4 is 44.8 Å². The van der Waals surface area contributed by atoms with E-state index in [1.54, 1.807) is 16.5 Å². The molecule has 0 fully saturated rings. The fraction of sp³-hybridized carbons (Fsp3) is 0.222. The number of carbonyl (C=O) groups is 1. The molecule has 0 saturated heterocycles. The van der Waals surface area contributed by atoms with Gasteiger partial charge in [-0.05, 0) is 53.2 Å². The van der Waals surface area contributed by atoms with Gasteiger partial charge in [-0.25, -0.2) is 4.98 Å². The molecule has 0 aliphatic heterocycles. The van der Waals surface area contributed by atoms with Crippen molar-refractivity contribution in [3.8, 4) is 5.75 Å². The number of imidazole rings is 1. The van der Waals surface area contributed by atoms with Gasteiger partial charge in [0.25, 0.3) is 0 Å². The normalized spacial score (nSPS) is 11.7. The molecule has 0 N–H and O–H groups in total. The number of pyridine rings is 1. The Morgan fingerprint density at radius 2 is 2.07 bits per heavy atom. The van der Waals surface area contributed by atoms with Gasteiger partial charge in [0.05, 0.1) is 5.69 Å². The number of aromatic nitrogens is 2. The van der Waals surface area contributed by atoms with Gasteiger partial charge in [-0.2, -0.15) is 13.2 Å². The van der Waals surface area contributed by atoms with Crippen LogP contribution in [0.4, 0.5) is 18.9 Å². The van der Waals surface area contributed by atoms with Crippen molar-refractivity contribution in [2.24, 2.45) is 0 Å². The summed E-state index contributed by atoms with van der Waals surface area (Å²) in [6, 6.07) is 7.66. The van der Waals surface area contributed by atoms with E-state index in [2.05, 4.69) is 20.9 Å². The molecule has 3 rings (SSSR count). The number of ether oxygens (including phenoxy) is 1. The summed E-state index contributed by atoms with van der Waals surface area (Å²) >= 11 is 9.59. The van der Waals surface area contributed by atoms with E-state index in [4.69, 9.17) is 16.3 Å². The van der Waals surface area contributed by atoms with E-state index < -0.39 is 12.1 Å². The molecular weight excluding hydrogens is 463 g/mol. The first-order chi connectivity index (χ1) is 13.1. The molecule has 5 nitrogen and oxygen atoms in total. The van der Waals surface area contributed by atoms with E-state index in [0.717, 1.165) is 17.3 Å². The van der Waals surface area contributed by atoms with Gasteiger partial charge in [-0.1, -0.05) is 11.6 Å². The van der Waals surface area contributed by atoms with Crippen LogP contribution in [0, 0.1) is 6.92 Å². The van der Waals surface area contributed by atoms with E-state index >= 15 is 0 Å². The van der Waals surface area contributed by atoms with Crippen LogP contribution in [-0.4, -0.2) is 28.5 Å². The van der Waals surface area contributed by atoms with Crippen LogP contribution >= 0.6 is 27.5 Å². The molecule has 1 amide bonds. The molecule has 2 aromatic heterocycles. The van der Waals surface area contributed by atoms with Crippen molar-refractivity contribution < 1.29 is 22.7 Å². The largest absolute Gasteiger partial charge is 0.485 e. The first-order valence-electron chi connectivity index (χ1n) is 7.99. The Kier molecular flexibility index (Phi) is 5.58. The van der Waals surface area contributed by atoms with Crippen LogP contribution in [0.25, 0.3) is 5.65 Å². The number of rotatable bonds is 4. The van der Waals surface area contributed by atoms with Gasteiger partial charge >= 0.3 is 12.1 Å². The minimum atomic E-state index is -4.97. The van der Waals surface area contributed by atoms with Crippen molar-refractivity contribution in [3.63, 3.8) is 0 Å². The predicted molar refractivity (Wildman–Crippen MR) is 103 cm³/mol. The maximum absolute atomic E-state index is 12.7. The van der Waals surface area contributed by atoms with Crippen molar-refractivity contribution in [1.82, 2.24) is 9.38 Å². The second kappa shape index (κ2) is 7.63. The monoisotopic (exact) mass is 475 g/mol. The molecule has 0 spiro atoms. The van der Waals surface area contributed by atoms with Crippen molar-refractivity contribution in [2.75, 3.05) is 11.9 Å². The third-order valence-corrected chi connectivity index (χ3v) is 5.39. The average Bonchev–Trinajstić information content (AvgIpc) is 2.94. The minimum Gasteiger partial charge on any atom is -0.485 e. The van der Waals surface area contributed by atoms with Crippen LogP contribution < -0.4 is 9.64 Å². The lowest BCUT2D eigenvalue weighted by atomic mass is 10.2. The van der Waals surface area contributed by atoms with Gasteiger partial charge in [0.2, 0.25) is 0 Å². The lowest BCUT2D eigenvalue weighted by Crippen LogP contribution is -2.38. The third-order valence-electron chi connectivity index (χ3n) is 4.06. The third kappa shape index (κ3) is 3.95. The summed E-state index contributed by atoms with van der Waals surface area (Å²) in [5.74, 6) is -1.48. The van der Waals surface area contributed by atoms with Crippen LogP contribution in [0.15, 0.2) is 41.1 Å². The Labute approximate surface area is 171 Å². The zero-order valence-electron chi connectivity index (χ0n) is 14.7. The van der Waals surface area contributed by atoms with Crippen molar-refractivity contribution in [2.45, 2.75) is 19.7 Å². The second-order valence-corrected chi connectivity index (χ2v) is 7.14. The molecule has 0 radical (unpaired) electrons. The van der Waals surface area contributed by atoms with E-state index in [1.165, 1.54) is 18.2 Å². The number of hydrogen-bond acceptors (Lipinski definition) is 3. The SMILES string of the molecule is Cc1nc2c(OCc3cc(N(C)C(=O)C(F)(F)F)ccc3Cl)cccn2c1Br. The summed E-state index contributed by atoms with van der Waals surface area (Å²) in [5, 5.41) is 0.310. The first kappa shape index (κ1) is 20.5. The molecule has 28 heavy (non-hydrogen) atoms. The number of fused-ring (bicyclic) bond motifs is 1. The molecule has 0 atom stereocenters. The number of aryl methyl sites for hydroxylation is 1. The number of carbonyl (C=O) groups excluding carboxylic acids is 1. The number of nitrogens with zero attached hydrogens (tertiary/aromatic N) is 3. The predicted octanol–water partition coefficient (Wildman–Crippen LogP) is 5.16. The number of anilines is 1. The summed E-state index contributed by atoms with van der Waals surface area (Å²) in [6.07, 6.45) is -3.15. The fourth-order valence-corrected chi connectivity index (χ4v) is 3.13. The average molecular weight is 477 g/mol. The molecule has 148 valence electrons. The Hall–Kier alpha value is -2.26. The summed E-state index contributed by atoms with van der Waals surface area (Å²) in [7, 11) is 1.05. The van der Waals surface area contributed by atoms with Crippen molar-refractivity contribution in [1.29, 1.82) is 0 Å². The van der Waals surface area contributed by atoms with Crippen molar-refractivity contribution in [3.05, 3.63) is 57.4 Å². The van der Waals surface area contributed by atoms with Gasteiger partial charge in [0, 0.05) is 29.5 Å². The van der Waals surface area contributed by atoms with Crippen LogP contribution in [0.5, 0.6) is 5.75 Å². The highest BCUT2D eigenvalue weighted by Gasteiger charge is 2.41. The molecule has 0 unspecified atom stereocenters. The summed E-state index contributed by atoms with van der Waals surface area (Å²) in [6.45, 7) is 1.83. The molecule has 3 aromatic rings. The molecule has 2 heterocycles. The number of alkyl halides is 3. The second-order valence-electron chi connectivity index (χ2n) is 5.98. The van der Waals surface area contributed by atoms with Crippen LogP contribution in [0.2, 0.25) is 5.02 Å². The number of amides is 1. The fourth-order valence-electron chi connectivity index (χ4n) is 2.58. The molecular formula is C18H14BrClF3N3O2. The Bertz CT molecular complexity index is 1050. The number of halogens is 5. The Morgan fingerprint density at radius 3 is 2.75 bits per heavy atom. The van der Waals surface area contributed by atoms with Crippen LogP contribution in [0.1, 0.15) is 11.3 Å². The van der Waals surface area contributed by atoms with Gasteiger partial charge in [0.15, 0.2) is 11.4 Å². The standard InChI is InChI=1S/C18H14BrClF3N3O2/c1-10-15(19)26-7-3-4-14(16(26)24-10)28-9-11-8-12(5-6-13(11)20)25(2)17(27)18(21,22)23/h3-8H,9H2,1-2H3. The van der Waals surface area contributed by atoms with E-state index in [1.807, 2.05) is 13.1 Å². The maximum Gasteiger partial charge on any atom is 0.471 e. The zero-order valence-corrected chi connectivity index (χ0v) is 17.1. The number of hydrogen-bond donors (Lipinski definition) is 0. The molecule has 10 heteroatoms. The maximum atomic E-state index is 12.7. The van der Waals surface area contributed by atoms with Gasteiger partial charge in [-0.15, -0.1) is 0 Å². The van der Waals surface area contributed by atoms with Gasteiger partial charge in [-0.3, -0.25) is 9.20 Å². The summed E-state index contributed by atoms with van der Waals surface area (Å²) in [4.78, 5) is 16.4. The quantitative estimate of drug-likeness (QED) is 0.522. The van der Waals surface area contributed by atoms with Gasteiger partial charge < -0.3 is 9.64 Å². The summed E-state index contributed by atoms with van der Waals surface area (Å²) < 4.78 is 46.4. The van der Waals surface area contributed by atoms with E-state index in [9.17, 15) is 18.0 Å². The Balaban J connectivity index is 1.86. The molecule has 0 saturated carbocycles. The minimum absolute atomic E-state index is 0.01000. The molecule has 0 bridgehead atoms. The highest BCUT2D eigenvalue weighted by molar-refractivity contribution is 9.10. The lowest BCUT2D eigenvalue weighted by molar-refractivity contribution is -0.170.